The third kappa shape index (κ3) is 1.95. The van der Waals surface area contributed by atoms with Crippen LogP contribution in [0.2, 0.25) is 0 Å². The Bertz CT molecular complexity index is 534. The minimum Gasteiger partial charge on any atom is -0.373 e. The van der Waals surface area contributed by atoms with Crippen molar-refractivity contribution in [3.8, 4) is 0 Å². The molecule has 1 aromatic heterocycles. The van der Waals surface area contributed by atoms with Crippen LogP contribution in [0.1, 0.15) is 19.8 Å². The number of ether oxygens (including phenoxy) is 1. The lowest BCUT2D eigenvalue weighted by Gasteiger charge is -2.13. The molecule has 2 atom stereocenters. The van der Waals surface area contributed by atoms with Crippen molar-refractivity contribution >= 4 is 10.9 Å². The smallest absolute Gasteiger partial charge is 0.132 e. The van der Waals surface area contributed by atoms with Gasteiger partial charge < -0.3 is 9.30 Å². The van der Waals surface area contributed by atoms with Gasteiger partial charge in [0.05, 0.1) is 17.7 Å². The highest BCUT2D eigenvalue weighted by Crippen LogP contribution is 2.24. The molecular weight excluding hydrogens is 217 g/mol. The van der Waals surface area contributed by atoms with Crippen LogP contribution in [0.4, 0.5) is 4.39 Å². The maximum atomic E-state index is 13.5. The first-order valence-electron chi connectivity index (χ1n) is 6.13. The van der Waals surface area contributed by atoms with E-state index in [-0.39, 0.29) is 11.9 Å². The highest BCUT2D eigenvalue weighted by Gasteiger charge is 2.22. The summed E-state index contributed by atoms with van der Waals surface area (Å²) in [7, 11) is 0. The summed E-state index contributed by atoms with van der Waals surface area (Å²) in [5.41, 5.74) is 0.952. The van der Waals surface area contributed by atoms with E-state index in [1.165, 1.54) is 6.07 Å². The van der Waals surface area contributed by atoms with Gasteiger partial charge >= 0.3 is 0 Å². The van der Waals surface area contributed by atoms with Gasteiger partial charge in [0, 0.05) is 18.1 Å². The molecule has 0 bridgehead atoms. The average molecular weight is 233 g/mol. The number of benzene rings is 1. The van der Waals surface area contributed by atoms with Gasteiger partial charge in [-0.15, -0.1) is 0 Å². The normalized spacial score (nSPS) is 24.6. The summed E-state index contributed by atoms with van der Waals surface area (Å²) in [6.45, 7) is 2.92. The van der Waals surface area contributed by atoms with Crippen molar-refractivity contribution in [1.29, 1.82) is 0 Å². The van der Waals surface area contributed by atoms with Crippen LogP contribution in [0.25, 0.3) is 10.9 Å². The van der Waals surface area contributed by atoms with Crippen LogP contribution < -0.4 is 0 Å². The fourth-order valence-corrected chi connectivity index (χ4v) is 2.58. The van der Waals surface area contributed by atoms with Crippen molar-refractivity contribution in [2.75, 3.05) is 0 Å². The molecule has 3 heteroatoms. The summed E-state index contributed by atoms with van der Waals surface area (Å²) in [5.74, 6) is -0.151. The second kappa shape index (κ2) is 4.15. The molecule has 3 rings (SSSR count). The van der Waals surface area contributed by atoms with E-state index < -0.39 is 0 Å². The maximum absolute atomic E-state index is 13.5. The van der Waals surface area contributed by atoms with E-state index in [0.29, 0.717) is 11.5 Å². The zero-order valence-electron chi connectivity index (χ0n) is 9.90. The van der Waals surface area contributed by atoms with Crippen molar-refractivity contribution in [3.63, 3.8) is 0 Å². The minimum absolute atomic E-state index is 0.151. The molecule has 1 fully saturated rings. The van der Waals surface area contributed by atoms with E-state index in [2.05, 4.69) is 11.5 Å². The maximum Gasteiger partial charge on any atom is 0.132 e. The van der Waals surface area contributed by atoms with Gasteiger partial charge in [0.2, 0.25) is 0 Å². The van der Waals surface area contributed by atoms with E-state index in [1.54, 1.807) is 6.07 Å². The minimum atomic E-state index is -0.151. The van der Waals surface area contributed by atoms with E-state index >= 15 is 0 Å². The third-order valence-electron chi connectivity index (χ3n) is 3.48. The SMILES string of the molecule is CC1CCC(Cn2ccc3c(F)cccc32)O1. The highest BCUT2D eigenvalue weighted by molar-refractivity contribution is 5.80. The van der Waals surface area contributed by atoms with Gasteiger partial charge in [-0.05, 0) is 38.0 Å². The molecular formula is C14H16FNO. The third-order valence-corrected chi connectivity index (χ3v) is 3.48. The Balaban J connectivity index is 1.88. The Labute approximate surface area is 100.0 Å². The first-order valence-corrected chi connectivity index (χ1v) is 6.13. The lowest BCUT2D eigenvalue weighted by Crippen LogP contribution is -2.15. The monoisotopic (exact) mass is 233 g/mol. The summed E-state index contributed by atoms with van der Waals surface area (Å²) in [5, 5.41) is 0.693. The van der Waals surface area contributed by atoms with E-state index in [1.807, 2.05) is 18.3 Å². The van der Waals surface area contributed by atoms with Gasteiger partial charge in [-0.25, -0.2) is 4.39 Å². The van der Waals surface area contributed by atoms with Gasteiger partial charge in [-0.2, -0.15) is 0 Å². The van der Waals surface area contributed by atoms with E-state index in [9.17, 15) is 4.39 Å². The second-order valence-corrected chi connectivity index (χ2v) is 4.79. The fraction of sp³-hybridized carbons (Fsp3) is 0.429. The van der Waals surface area contributed by atoms with Crippen LogP contribution in [0.5, 0.6) is 0 Å². The van der Waals surface area contributed by atoms with Crippen LogP contribution in [0, 0.1) is 5.82 Å². The lowest BCUT2D eigenvalue weighted by molar-refractivity contribution is 0.0465. The molecule has 2 aromatic rings. The summed E-state index contributed by atoms with van der Waals surface area (Å²) in [4.78, 5) is 0. The van der Waals surface area contributed by atoms with Gasteiger partial charge in [0.1, 0.15) is 5.82 Å². The van der Waals surface area contributed by atoms with Crippen molar-refractivity contribution in [2.24, 2.45) is 0 Å². The van der Waals surface area contributed by atoms with E-state index in [0.717, 1.165) is 24.9 Å². The summed E-state index contributed by atoms with van der Waals surface area (Å²) in [6, 6.07) is 7.05. The number of fused-ring (bicyclic) bond motifs is 1. The molecule has 0 saturated carbocycles. The van der Waals surface area contributed by atoms with Crippen LogP contribution >= 0.6 is 0 Å². The number of rotatable bonds is 2. The van der Waals surface area contributed by atoms with Crippen LogP contribution in [-0.4, -0.2) is 16.8 Å². The molecule has 1 saturated heterocycles. The predicted molar refractivity (Wildman–Crippen MR) is 65.5 cm³/mol. The first kappa shape index (κ1) is 10.8. The first-order chi connectivity index (χ1) is 8.24. The summed E-state index contributed by atoms with van der Waals surface area (Å²) < 4.78 is 21.4. The number of hydrogen-bond donors (Lipinski definition) is 0. The average Bonchev–Trinajstić information content (AvgIpc) is 2.88. The lowest BCUT2D eigenvalue weighted by atomic mass is 10.2. The standard InChI is InChI=1S/C14H16FNO/c1-10-5-6-11(17-10)9-16-8-7-12-13(15)3-2-4-14(12)16/h2-4,7-8,10-11H,5-6,9H2,1H3. The molecule has 17 heavy (non-hydrogen) atoms. The summed E-state index contributed by atoms with van der Waals surface area (Å²) >= 11 is 0. The molecule has 2 heterocycles. The van der Waals surface area contributed by atoms with Crippen LogP contribution in [0.3, 0.4) is 0 Å². The molecule has 0 N–H and O–H groups in total. The molecule has 90 valence electrons. The van der Waals surface area contributed by atoms with Gasteiger partial charge in [-0.3, -0.25) is 0 Å². The highest BCUT2D eigenvalue weighted by atomic mass is 19.1. The van der Waals surface area contributed by atoms with Gasteiger partial charge in [-0.1, -0.05) is 6.07 Å². The topological polar surface area (TPSA) is 14.2 Å². The Morgan fingerprint density at radius 3 is 3.00 bits per heavy atom. The molecule has 2 nitrogen and oxygen atoms in total. The Morgan fingerprint density at radius 1 is 1.35 bits per heavy atom. The van der Waals surface area contributed by atoms with Crippen molar-refractivity contribution in [3.05, 3.63) is 36.3 Å². The Kier molecular flexibility index (Phi) is 2.63. The molecule has 1 aromatic carbocycles. The molecule has 1 aliphatic rings. The van der Waals surface area contributed by atoms with Crippen molar-refractivity contribution < 1.29 is 9.13 Å². The van der Waals surface area contributed by atoms with Crippen LogP contribution in [-0.2, 0) is 11.3 Å². The largest absolute Gasteiger partial charge is 0.373 e. The molecule has 0 aliphatic carbocycles. The molecule has 0 radical (unpaired) electrons. The van der Waals surface area contributed by atoms with E-state index in [4.69, 9.17) is 4.74 Å². The van der Waals surface area contributed by atoms with Crippen molar-refractivity contribution in [2.45, 2.75) is 38.5 Å². The molecule has 0 amide bonds. The van der Waals surface area contributed by atoms with Gasteiger partial charge in [0.25, 0.3) is 0 Å². The second-order valence-electron chi connectivity index (χ2n) is 4.79. The summed E-state index contributed by atoms with van der Waals surface area (Å²) in [6.07, 6.45) is 4.79. The Hall–Kier alpha value is -1.35. The van der Waals surface area contributed by atoms with Crippen molar-refractivity contribution in [1.82, 2.24) is 4.57 Å². The Morgan fingerprint density at radius 2 is 2.24 bits per heavy atom. The molecule has 2 unspecified atom stereocenters. The number of nitrogens with zero attached hydrogens (tertiary/aromatic N) is 1. The van der Waals surface area contributed by atoms with Gasteiger partial charge in [0.15, 0.2) is 0 Å². The molecule has 0 spiro atoms. The fourth-order valence-electron chi connectivity index (χ4n) is 2.58. The predicted octanol–water partition coefficient (Wildman–Crippen LogP) is 3.35. The number of halogens is 1. The quantitative estimate of drug-likeness (QED) is 0.776. The number of aromatic nitrogens is 1. The van der Waals surface area contributed by atoms with Crippen LogP contribution in [0.15, 0.2) is 30.5 Å². The number of hydrogen-bond acceptors (Lipinski definition) is 1. The zero-order valence-corrected chi connectivity index (χ0v) is 9.90. The zero-order chi connectivity index (χ0) is 11.8. The molecule has 1 aliphatic heterocycles.